The second kappa shape index (κ2) is 16.9. The number of nitrogens with zero attached hydrogens (tertiary/aromatic N) is 4. The third-order valence-electron chi connectivity index (χ3n) is 10.1. The number of amides is 4. The van der Waals surface area contributed by atoms with E-state index in [1.54, 1.807) is 11.1 Å². The van der Waals surface area contributed by atoms with Crippen molar-refractivity contribution in [2.24, 2.45) is 5.92 Å². The van der Waals surface area contributed by atoms with Gasteiger partial charge in [-0.1, -0.05) is 51.2 Å². The largest absolute Gasteiger partial charge is 0.453 e. The predicted octanol–water partition coefficient (Wildman–Crippen LogP) is 5.59. The zero-order valence-corrected chi connectivity index (χ0v) is 31.4. The third kappa shape index (κ3) is 8.35. The summed E-state index contributed by atoms with van der Waals surface area (Å²) in [6.45, 7) is 6.94. The Balaban J connectivity index is 1.12. The van der Waals surface area contributed by atoms with Crippen LogP contribution in [0.4, 0.5) is 9.59 Å². The highest BCUT2D eigenvalue weighted by molar-refractivity contribution is 5.87. The number of methoxy groups -OCH3 is 2. The number of alkyl carbamates (subject to hydrolysis) is 2. The number of carbonyl (C=O) groups excluding carboxylic acids is 4. The van der Waals surface area contributed by atoms with Crippen LogP contribution in [0.3, 0.4) is 0 Å². The number of H-pyrrole nitrogens is 2. The molecule has 0 unspecified atom stereocenters. The number of nitrogens with one attached hydrogen (secondary N) is 4. The fourth-order valence-electron chi connectivity index (χ4n) is 7.25. The Bertz CT molecular complexity index is 2040. The molecule has 2 aromatic heterocycles. The number of imidazole rings is 2. The number of hydrogen-bond acceptors (Lipinski definition) is 8. The maximum atomic E-state index is 13.5. The number of aromatic amines is 2. The maximum Gasteiger partial charge on any atom is 0.407 e. The summed E-state index contributed by atoms with van der Waals surface area (Å²) >= 11 is 0. The third-order valence-corrected chi connectivity index (χ3v) is 10.1. The number of likely N-dealkylation sites (tertiary alicyclic amines) is 2. The van der Waals surface area contributed by atoms with E-state index in [4.69, 9.17) is 14.5 Å². The van der Waals surface area contributed by atoms with Gasteiger partial charge in [0.25, 0.3) is 0 Å². The number of ether oxygens (including phenoxy) is 2. The normalized spacial score (nSPS) is 17.9. The Morgan fingerprint density at radius 3 is 2.15 bits per heavy atom. The van der Waals surface area contributed by atoms with E-state index in [9.17, 15) is 19.2 Å². The van der Waals surface area contributed by atoms with Gasteiger partial charge in [0, 0.05) is 24.2 Å². The first-order valence-electron chi connectivity index (χ1n) is 18.6. The molecule has 2 aliphatic heterocycles. The molecule has 4 aromatic rings. The number of aromatic nitrogens is 4. The molecule has 54 heavy (non-hydrogen) atoms. The van der Waals surface area contributed by atoms with Crippen LogP contribution in [0.15, 0.2) is 48.7 Å². The topological polar surface area (TPSA) is 175 Å². The highest BCUT2D eigenvalue weighted by Gasteiger charge is 2.38. The van der Waals surface area contributed by atoms with Crippen LogP contribution < -0.4 is 10.6 Å². The highest BCUT2D eigenvalue weighted by atomic mass is 16.5. The Labute approximate surface area is 314 Å². The van der Waals surface area contributed by atoms with Crippen LogP contribution in [0.2, 0.25) is 0 Å². The van der Waals surface area contributed by atoms with E-state index >= 15 is 0 Å². The highest BCUT2D eigenvalue weighted by Crippen LogP contribution is 2.34. The molecule has 6 rings (SSSR count). The lowest BCUT2D eigenvalue weighted by Crippen LogP contribution is -2.51. The quantitative estimate of drug-likeness (QED) is 0.153. The molecule has 0 aliphatic carbocycles. The Morgan fingerprint density at radius 1 is 0.852 bits per heavy atom. The van der Waals surface area contributed by atoms with Crippen molar-refractivity contribution in [3.05, 3.63) is 71.4 Å². The minimum atomic E-state index is -0.692. The molecule has 0 spiro atoms. The second-order valence-corrected chi connectivity index (χ2v) is 14.1. The molecule has 4 heterocycles. The first kappa shape index (κ1) is 37.9. The summed E-state index contributed by atoms with van der Waals surface area (Å²) in [5.41, 5.74) is 5.06. The van der Waals surface area contributed by atoms with Crippen LogP contribution in [0.25, 0.3) is 22.3 Å². The summed E-state index contributed by atoms with van der Waals surface area (Å²) in [7, 11) is 2.57. The molecule has 284 valence electrons. The average molecular weight is 737 g/mol. The van der Waals surface area contributed by atoms with Crippen molar-refractivity contribution in [1.82, 2.24) is 40.4 Å². The smallest absolute Gasteiger partial charge is 0.407 e. The SMILES string of the molecule is CCC[C@@H](NC(=O)OC)C(=O)N1CCC[C@H]1c1nc2ccc(C#Cc3ccc(-c4cnc([C@@H]5CCCN5C(=O)[C@H](NC(=O)OC)C(C)C)[nH]4)cc3)cc2[nH]1. The molecule has 2 aliphatic rings. The van der Waals surface area contributed by atoms with Gasteiger partial charge in [0.2, 0.25) is 11.8 Å². The summed E-state index contributed by atoms with van der Waals surface area (Å²) < 4.78 is 9.49. The van der Waals surface area contributed by atoms with E-state index in [2.05, 4.69) is 37.4 Å². The summed E-state index contributed by atoms with van der Waals surface area (Å²) in [6.07, 6.45) is 5.03. The lowest BCUT2D eigenvalue weighted by molar-refractivity contribution is -0.135. The number of benzene rings is 2. The first-order valence-corrected chi connectivity index (χ1v) is 18.6. The molecule has 2 fully saturated rings. The van der Waals surface area contributed by atoms with Crippen molar-refractivity contribution < 1.29 is 28.7 Å². The van der Waals surface area contributed by atoms with Gasteiger partial charge in [-0.05, 0) is 73.9 Å². The van der Waals surface area contributed by atoms with Gasteiger partial charge < -0.3 is 39.9 Å². The lowest BCUT2D eigenvalue weighted by atomic mass is 10.0. The van der Waals surface area contributed by atoms with Crippen LogP contribution >= 0.6 is 0 Å². The first-order chi connectivity index (χ1) is 26.1. The van der Waals surface area contributed by atoms with E-state index in [0.29, 0.717) is 25.3 Å². The van der Waals surface area contributed by atoms with Crippen LogP contribution in [-0.4, -0.2) is 93.1 Å². The molecule has 0 radical (unpaired) electrons. The van der Waals surface area contributed by atoms with Gasteiger partial charge in [-0.15, -0.1) is 0 Å². The van der Waals surface area contributed by atoms with E-state index < -0.39 is 24.3 Å². The van der Waals surface area contributed by atoms with Crippen LogP contribution in [0.5, 0.6) is 0 Å². The number of carbonyl (C=O) groups is 4. The summed E-state index contributed by atoms with van der Waals surface area (Å²) in [5, 5.41) is 5.37. The minimum absolute atomic E-state index is 0.108. The molecular formula is C40H48N8O6. The summed E-state index contributed by atoms with van der Waals surface area (Å²) in [6, 6.07) is 11.9. The van der Waals surface area contributed by atoms with Crippen molar-refractivity contribution in [3.8, 4) is 23.1 Å². The predicted molar refractivity (Wildman–Crippen MR) is 202 cm³/mol. The van der Waals surface area contributed by atoms with Gasteiger partial charge in [0.1, 0.15) is 23.7 Å². The van der Waals surface area contributed by atoms with Crippen molar-refractivity contribution in [1.29, 1.82) is 0 Å². The summed E-state index contributed by atoms with van der Waals surface area (Å²) in [4.78, 5) is 70.7. The molecular weight excluding hydrogens is 688 g/mol. The maximum absolute atomic E-state index is 13.5. The zero-order chi connectivity index (χ0) is 38.4. The Hall–Kier alpha value is -5.84. The van der Waals surface area contributed by atoms with E-state index in [0.717, 1.165) is 71.3 Å². The summed E-state index contributed by atoms with van der Waals surface area (Å²) in [5.74, 6) is 7.54. The van der Waals surface area contributed by atoms with Gasteiger partial charge in [0.15, 0.2) is 0 Å². The number of rotatable bonds is 10. The van der Waals surface area contributed by atoms with Gasteiger partial charge >= 0.3 is 12.2 Å². The molecule has 0 bridgehead atoms. The van der Waals surface area contributed by atoms with Crippen LogP contribution in [0, 0.1) is 17.8 Å². The average Bonchev–Trinajstić information content (AvgIpc) is 4.01. The monoisotopic (exact) mass is 736 g/mol. The Kier molecular flexibility index (Phi) is 11.8. The molecule has 14 nitrogen and oxygen atoms in total. The van der Waals surface area contributed by atoms with Crippen molar-refractivity contribution >= 4 is 35.0 Å². The number of fused-ring (bicyclic) bond motifs is 1. The minimum Gasteiger partial charge on any atom is -0.453 e. The van der Waals surface area contributed by atoms with Crippen molar-refractivity contribution in [2.45, 2.75) is 83.5 Å². The molecule has 4 amide bonds. The van der Waals surface area contributed by atoms with E-state index in [1.807, 2.05) is 68.1 Å². The zero-order valence-electron chi connectivity index (χ0n) is 31.4. The van der Waals surface area contributed by atoms with Crippen LogP contribution in [0.1, 0.15) is 94.2 Å². The molecule has 4 N–H and O–H groups in total. The molecule has 4 atom stereocenters. The fraction of sp³-hybridized carbons (Fsp3) is 0.450. The molecule has 2 saturated heterocycles. The van der Waals surface area contributed by atoms with E-state index in [-0.39, 0.29) is 29.8 Å². The van der Waals surface area contributed by atoms with Gasteiger partial charge in [-0.2, -0.15) is 0 Å². The molecule has 0 saturated carbocycles. The number of hydrogen-bond donors (Lipinski definition) is 4. The lowest BCUT2D eigenvalue weighted by Gasteiger charge is -2.30. The molecule has 14 heteroatoms. The van der Waals surface area contributed by atoms with Crippen molar-refractivity contribution in [3.63, 3.8) is 0 Å². The van der Waals surface area contributed by atoms with E-state index in [1.165, 1.54) is 14.2 Å². The van der Waals surface area contributed by atoms with Gasteiger partial charge in [0.05, 0.1) is 49.2 Å². The van der Waals surface area contributed by atoms with Crippen LogP contribution in [-0.2, 0) is 19.1 Å². The van der Waals surface area contributed by atoms with Crippen molar-refractivity contribution in [2.75, 3.05) is 27.3 Å². The Morgan fingerprint density at radius 2 is 1.48 bits per heavy atom. The molecule has 2 aromatic carbocycles. The standard InChI is InChI=1S/C40H48N8O6/c1-6-9-29(45-39(51)53-4)37(49)47-20-8-11-33(47)36-42-28-19-16-26(22-30(28)43-36)13-12-25-14-17-27(18-15-25)31-23-41-35(44-31)32-10-7-21-48(32)38(50)34(24(2)3)46-40(52)54-5/h14-19,22-24,29,32-34H,6-11,20-21H2,1-5H3,(H,41,44)(H,42,43)(H,45,51)(H,46,52)/t29-,32+,33+,34-/m1/s1. The second-order valence-electron chi connectivity index (χ2n) is 14.1. The van der Waals surface area contributed by atoms with Gasteiger partial charge in [-0.3, -0.25) is 9.59 Å². The fourth-order valence-corrected chi connectivity index (χ4v) is 7.25. The van der Waals surface area contributed by atoms with Gasteiger partial charge in [-0.25, -0.2) is 19.6 Å².